The molecule has 36 heavy (non-hydrogen) atoms. The first-order chi connectivity index (χ1) is 17.5. The highest BCUT2D eigenvalue weighted by molar-refractivity contribution is 7.99. The van der Waals surface area contributed by atoms with E-state index in [1.807, 2.05) is 24.4 Å². The summed E-state index contributed by atoms with van der Waals surface area (Å²) < 4.78 is 11.4. The van der Waals surface area contributed by atoms with E-state index in [4.69, 9.17) is 9.15 Å². The van der Waals surface area contributed by atoms with Crippen LogP contribution < -0.4 is 10.7 Å². The molecule has 2 atom stereocenters. The second-order valence-corrected chi connectivity index (χ2v) is 11.3. The van der Waals surface area contributed by atoms with Gasteiger partial charge in [0.1, 0.15) is 12.2 Å². The van der Waals surface area contributed by atoms with Gasteiger partial charge in [-0.05, 0) is 42.7 Å². The summed E-state index contributed by atoms with van der Waals surface area (Å²) in [5.41, 5.74) is 2.61. The summed E-state index contributed by atoms with van der Waals surface area (Å²) in [6, 6.07) is 11.0. The van der Waals surface area contributed by atoms with Crippen LogP contribution in [0.5, 0.6) is 0 Å². The lowest BCUT2D eigenvalue weighted by atomic mass is 9.73. The Kier molecular flexibility index (Phi) is 7.16. The van der Waals surface area contributed by atoms with Gasteiger partial charge in [0, 0.05) is 45.5 Å². The molecule has 5 rings (SSSR count). The average molecular weight is 522 g/mol. The summed E-state index contributed by atoms with van der Waals surface area (Å²) in [6.07, 6.45) is 2.35. The molecular weight excluding hydrogens is 494 g/mol. The molecule has 1 aromatic carbocycles. The van der Waals surface area contributed by atoms with E-state index in [1.54, 1.807) is 54.3 Å². The van der Waals surface area contributed by atoms with E-state index in [9.17, 15) is 14.4 Å². The third kappa shape index (κ3) is 4.55. The van der Waals surface area contributed by atoms with Crippen LogP contribution in [0.4, 0.5) is 0 Å². The van der Waals surface area contributed by atoms with Gasteiger partial charge in [0.15, 0.2) is 11.2 Å². The molecule has 6 nitrogen and oxygen atoms in total. The number of allylic oxidation sites excluding steroid dienone is 3. The van der Waals surface area contributed by atoms with Gasteiger partial charge in [0.25, 0.3) is 0 Å². The maximum absolute atomic E-state index is 13.7. The lowest BCUT2D eigenvalue weighted by Crippen LogP contribution is -2.37. The fourth-order valence-corrected chi connectivity index (χ4v) is 6.37. The quantitative estimate of drug-likeness (QED) is 0.324. The molecule has 3 aromatic rings. The Morgan fingerprint density at radius 1 is 1.19 bits per heavy atom. The number of para-hydroxylation sites is 1. The molecule has 2 aliphatic rings. The number of carbonyl (C=O) groups is 2. The van der Waals surface area contributed by atoms with Crippen LogP contribution in [-0.2, 0) is 14.3 Å². The topological polar surface area (TPSA) is 85.6 Å². The van der Waals surface area contributed by atoms with Crippen molar-refractivity contribution in [3.05, 3.63) is 91.2 Å². The fraction of sp³-hybridized carbons (Fsp3) is 0.321. The maximum Gasteiger partial charge on any atom is 0.336 e. The second-order valence-electron chi connectivity index (χ2n) is 8.88. The van der Waals surface area contributed by atoms with Crippen LogP contribution in [0, 0.1) is 0 Å². The fourth-order valence-electron chi connectivity index (χ4n) is 5.05. The van der Waals surface area contributed by atoms with E-state index in [0.717, 1.165) is 16.3 Å². The van der Waals surface area contributed by atoms with Crippen LogP contribution in [-0.4, -0.2) is 29.9 Å². The van der Waals surface area contributed by atoms with E-state index >= 15 is 0 Å². The highest BCUT2D eigenvalue weighted by Crippen LogP contribution is 2.45. The smallest absolute Gasteiger partial charge is 0.336 e. The van der Waals surface area contributed by atoms with Gasteiger partial charge in [-0.15, -0.1) is 11.3 Å². The number of Topliss-reactive ketones (excluding diaryl/α,β-unsaturated/α-hetero) is 1. The number of thioether (sulfide) groups is 1. The van der Waals surface area contributed by atoms with Crippen molar-refractivity contribution in [1.29, 1.82) is 0 Å². The largest absolute Gasteiger partial charge is 0.464 e. The molecule has 3 heterocycles. The van der Waals surface area contributed by atoms with Crippen LogP contribution in [0.15, 0.2) is 79.8 Å². The number of hydrogen-bond donors (Lipinski definition) is 1. The van der Waals surface area contributed by atoms with Crippen LogP contribution in [0.2, 0.25) is 0 Å². The van der Waals surface area contributed by atoms with Gasteiger partial charge in [0.05, 0.1) is 23.1 Å². The first-order valence-electron chi connectivity index (χ1n) is 12.0. The van der Waals surface area contributed by atoms with E-state index in [0.29, 0.717) is 46.4 Å². The Balaban J connectivity index is 1.61. The zero-order chi connectivity index (χ0) is 25.2. The van der Waals surface area contributed by atoms with Crippen LogP contribution in [0.3, 0.4) is 0 Å². The molecular formula is C28H27NO5S2. The Labute approximate surface area is 217 Å². The first-order valence-corrected chi connectivity index (χ1v) is 14.1. The number of nitrogens with one attached hydrogen (secondary N) is 1. The van der Waals surface area contributed by atoms with Gasteiger partial charge in [-0.25, -0.2) is 4.79 Å². The van der Waals surface area contributed by atoms with Crippen molar-refractivity contribution in [2.24, 2.45) is 0 Å². The zero-order valence-corrected chi connectivity index (χ0v) is 21.8. The molecule has 1 aliphatic carbocycles. The Morgan fingerprint density at radius 2 is 2.03 bits per heavy atom. The Bertz CT molecular complexity index is 1430. The van der Waals surface area contributed by atoms with Crippen molar-refractivity contribution in [3.8, 4) is 0 Å². The summed E-state index contributed by atoms with van der Waals surface area (Å²) in [4.78, 5) is 41.8. The summed E-state index contributed by atoms with van der Waals surface area (Å²) in [5, 5.41) is 5.76. The number of esters is 1. The van der Waals surface area contributed by atoms with Gasteiger partial charge < -0.3 is 14.5 Å². The van der Waals surface area contributed by atoms with Gasteiger partial charge in [-0.1, -0.05) is 25.1 Å². The van der Waals surface area contributed by atoms with Gasteiger partial charge in [-0.3, -0.25) is 9.59 Å². The highest BCUT2D eigenvalue weighted by Gasteiger charge is 2.43. The van der Waals surface area contributed by atoms with Gasteiger partial charge in [0.2, 0.25) is 0 Å². The molecule has 0 fully saturated rings. The number of fused-ring (bicyclic) bond motifs is 1. The molecule has 0 spiro atoms. The number of carbonyl (C=O) groups excluding carboxylic acids is 2. The number of ketones is 1. The predicted molar refractivity (Wildman–Crippen MR) is 143 cm³/mol. The number of hydrogen-bond acceptors (Lipinski definition) is 8. The molecule has 1 aliphatic heterocycles. The summed E-state index contributed by atoms with van der Waals surface area (Å²) in [6.45, 7) is 4.11. The summed E-state index contributed by atoms with van der Waals surface area (Å²) in [5.74, 6) is 0.237. The molecule has 0 saturated carbocycles. The average Bonchev–Trinajstić information content (AvgIpc) is 3.41. The normalized spacial score (nSPS) is 19.9. The monoisotopic (exact) mass is 521 g/mol. The van der Waals surface area contributed by atoms with Crippen molar-refractivity contribution >= 4 is 45.8 Å². The minimum atomic E-state index is -0.842. The number of benzene rings is 1. The van der Waals surface area contributed by atoms with Crippen LogP contribution in [0.25, 0.3) is 11.0 Å². The van der Waals surface area contributed by atoms with Crippen molar-refractivity contribution in [1.82, 2.24) is 5.32 Å². The number of thiophene rings is 1. The van der Waals surface area contributed by atoms with Crippen LogP contribution >= 0.6 is 23.1 Å². The molecule has 8 heteroatoms. The highest BCUT2D eigenvalue weighted by atomic mass is 32.2. The van der Waals surface area contributed by atoms with Crippen LogP contribution in [0.1, 0.15) is 49.0 Å². The summed E-state index contributed by atoms with van der Waals surface area (Å²) >= 11 is 3.32. The standard InChI is InChI=1S/C28H27NO5S2/c1-3-35-12-10-33-28(32)24-16(2)29-20-13-17(23-9-6-11-36-23)14-21(30)26(20)25(24)19-15-34-22-8-5-4-7-18(22)27(19)31/h4-9,11,15,17,25,29H,3,10,12-14H2,1-2H3/t17-,25-/m0/s1. The Hall–Kier alpha value is -3.10. The lowest BCUT2D eigenvalue weighted by Gasteiger charge is -2.36. The number of dihydropyridines is 1. The van der Waals surface area contributed by atoms with E-state index in [1.165, 1.54) is 6.26 Å². The second kappa shape index (κ2) is 10.5. The molecule has 0 bridgehead atoms. The third-order valence-electron chi connectivity index (χ3n) is 6.68. The number of ether oxygens (including phenoxy) is 1. The first kappa shape index (κ1) is 24.6. The number of rotatable bonds is 7. The summed E-state index contributed by atoms with van der Waals surface area (Å²) in [7, 11) is 0. The Morgan fingerprint density at radius 3 is 2.81 bits per heavy atom. The molecule has 0 amide bonds. The van der Waals surface area contributed by atoms with Gasteiger partial charge in [-0.2, -0.15) is 11.8 Å². The minimum Gasteiger partial charge on any atom is -0.464 e. The lowest BCUT2D eigenvalue weighted by molar-refractivity contribution is -0.138. The van der Waals surface area contributed by atoms with Crippen molar-refractivity contribution in [2.75, 3.05) is 18.1 Å². The van der Waals surface area contributed by atoms with E-state index < -0.39 is 11.9 Å². The predicted octanol–water partition coefficient (Wildman–Crippen LogP) is 5.51. The van der Waals surface area contributed by atoms with E-state index in [2.05, 4.69) is 5.32 Å². The molecule has 0 radical (unpaired) electrons. The van der Waals surface area contributed by atoms with Crippen molar-refractivity contribution < 1.29 is 18.7 Å². The SMILES string of the molecule is CCSCCOC(=O)C1=C(C)NC2=C(C(=O)C[C@@H](c3cccs3)C2)[C@H]1c1coc2ccccc2c1=O. The maximum atomic E-state index is 13.7. The van der Waals surface area contributed by atoms with Gasteiger partial charge >= 0.3 is 5.97 Å². The molecule has 2 aromatic heterocycles. The zero-order valence-electron chi connectivity index (χ0n) is 20.2. The molecule has 0 unspecified atom stereocenters. The minimum absolute atomic E-state index is 0.0600. The molecule has 186 valence electrons. The molecule has 1 N–H and O–H groups in total. The third-order valence-corrected chi connectivity index (χ3v) is 8.57. The van der Waals surface area contributed by atoms with Crippen molar-refractivity contribution in [2.45, 2.75) is 38.5 Å². The van der Waals surface area contributed by atoms with E-state index in [-0.39, 0.29) is 29.3 Å². The van der Waals surface area contributed by atoms with Crippen molar-refractivity contribution in [3.63, 3.8) is 0 Å². The molecule has 0 saturated heterocycles.